The van der Waals surface area contributed by atoms with E-state index in [0.717, 1.165) is 52.2 Å². The van der Waals surface area contributed by atoms with Crippen molar-refractivity contribution < 1.29 is 9.53 Å². The first-order valence-corrected chi connectivity index (χ1v) is 16.1. The minimum Gasteiger partial charge on any atom is -0.497 e. The molecule has 2 atom stereocenters. The van der Waals surface area contributed by atoms with E-state index in [1.165, 1.54) is 57.1 Å². The molecule has 2 fully saturated rings. The second-order valence-electron chi connectivity index (χ2n) is 11.3. The molecule has 1 saturated heterocycles. The molecule has 2 aromatic carbocycles. The van der Waals surface area contributed by atoms with Crippen LogP contribution >= 0.6 is 31.9 Å². The van der Waals surface area contributed by atoms with Crippen molar-refractivity contribution >= 4 is 43.6 Å². The maximum Gasteiger partial charge on any atom is 0.319 e. The molecule has 0 spiro atoms. The zero-order chi connectivity index (χ0) is 27.6. The monoisotopic (exact) mass is 662 g/mol. The predicted octanol–water partition coefficient (Wildman–Crippen LogP) is 7.32. The first kappa shape index (κ1) is 30.4. The van der Waals surface area contributed by atoms with Gasteiger partial charge in [-0.2, -0.15) is 0 Å². The van der Waals surface area contributed by atoms with Crippen molar-refractivity contribution in [3.05, 3.63) is 57.0 Å². The molecule has 0 unspecified atom stereocenters. The van der Waals surface area contributed by atoms with Gasteiger partial charge in [-0.1, -0.05) is 76.1 Å². The van der Waals surface area contributed by atoms with Crippen LogP contribution in [-0.4, -0.2) is 68.3 Å². The molecule has 1 heterocycles. The van der Waals surface area contributed by atoms with Gasteiger partial charge >= 0.3 is 6.03 Å². The fourth-order valence-corrected chi connectivity index (χ4v) is 7.47. The van der Waals surface area contributed by atoms with Gasteiger partial charge in [-0.3, -0.25) is 4.90 Å². The molecular weight excluding hydrogens is 620 g/mol. The number of likely N-dealkylation sites (N-methyl/N-ethyl adjacent to an activating group) is 1. The quantitative estimate of drug-likeness (QED) is 0.250. The molecule has 2 amide bonds. The number of benzene rings is 2. The summed E-state index contributed by atoms with van der Waals surface area (Å²) in [4.78, 5) is 18.0. The smallest absolute Gasteiger partial charge is 0.319 e. The highest BCUT2D eigenvalue weighted by atomic mass is 79.9. The summed E-state index contributed by atoms with van der Waals surface area (Å²) >= 11 is 7.00. The van der Waals surface area contributed by atoms with Crippen LogP contribution in [0.1, 0.15) is 56.9 Å². The summed E-state index contributed by atoms with van der Waals surface area (Å²) in [6.07, 6.45) is 11.4. The number of urea groups is 1. The number of carbonyl (C=O) groups is 1. The first-order chi connectivity index (χ1) is 18.9. The van der Waals surface area contributed by atoms with Crippen molar-refractivity contribution in [1.82, 2.24) is 15.1 Å². The van der Waals surface area contributed by atoms with Crippen LogP contribution in [0.3, 0.4) is 0 Å². The fraction of sp³-hybridized carbons (Fsp3) is 0.581. The molecule has 0 aromatic heterocycles. The fourth-order valence-electron chi connectivity index (χ4n) is 6.18. The molecule has 4 rings (SSSR count). The van der Waals surface area contributed by atoms with Crippen LogP contribution in [0.25, 0.3) is 0 Å². The van der Waals surface area contributed by atoms with Gasteiger partial charge in [0.1, 0.15) is 5.75 Å². The Hall–Kier alpha value is -1.61. The molecule has 2 aromatic rings. The highest BCUT2D eigenvalue weighted by Gasteiger charge is 2.29. The topological polar surface area (TPSA) is 56.8 Å². The van der Waals surface area contributed by atoms with E-state index in [1.807, 2.05) is 18.2 Å². The summed E-state index contributed by atoms with van der Waals surface area (Å²) in [5, 5.41) is 6.18. The summed E-state index contributed by atoms with van der Waals surface area (Å²) in [7, 11) is 3.98. The number of rotatable bonds is 12. The van der Waals surface area contributed by atoms with Crippen LogP contribution in [-0.2, 0) is 6.42 Å². The third-order valence-electron chi connectivity index (χ3n) is 8.42. The van der Waals surface area contributed by atoms with E-state index in [-0.39, 0.29) is 6.03 Å². The average Bonchev–Trinajstić information content (AvgIpc) is 3.36. The highest BCUT2D eigenvalue weighted by Crippen LogP contribution is 2.29. The lowest BCUT2D eigenvalue weighted by Gasteiger charge is -2.36. The van der Waals surface area contributed by atoms with Crippen LogP contribution in [0.5, 0.6) is 5.75 Å². The minimum absolute atomic E-state index is 0.149. The molecule has 8 heteroatoms. The van der Waals surface area contributed by atoms with Gasteiger partial charge in [-0.15, -0.1) is 0 Å². The van der Waals surface area contributed by atoms with Crippen LogP contribution in [0.4, 0.5) is 10.5 Å². The zero-order valence-corrected chi connectivity index (χ0v) is 26.6. The van der Waals surface area contributed by atoms with Gasteiger partial charge in [-0.25, -0.2) is 4.79 Å². The van der Waals surface area contributed by atoms with Gasteiger partial charge in [0, 0.05) is 46.4 Å². The molecule has 2 N–H and O–H groups in total. The lowest BCUT2D eigenvalue weighted by Crippen LogP contribution is -2.48. The third-order valence-corrected chi connectivity index (χ3v) is 9.33. The van der Waals surface area contributed by atoms with Crippen LogP contribution in [0, 0.1) is 5.92 Å². The normalized spacial score (nSPS) is 19.3. The summed E-state index contributed by atoms with van der Waals surface area (Å²) in [6.45, 7) is 3.96. The third kappa shape index (κ3) is 9.76. The minimum atomic E-state index is -0.149. The van der Waals surface area contributed by atoms with Crippen LogP contribution in [0.2, 0.25) is 0 Å². The van der Waals surface area contributed by atoms with Gasteiger partial charge in [0.25, 0.3) is 0 Å². The van der Waals surface area contributed by atoms with Gasteiger partial charge in [0.2, 0.25) is 0 Å². The number of halogens is 2. The van der Waals surface area contributed by atoms with Crippen molar-refractivity contribution in [3.63, 3.8) is 0 Å². The Morgan fingerprint density at radius 3 is 2.46 bits per heavy atom. The van der Waals surface area contributed by atoms with Crippen molar-refractivity contribution in [3.8, 4) is 5.75 Å². The molecule has 0 radical (unpaired) electrons. The van der Waals surface area contributed by atoms with E-state index in [2.05, 4.69) is 83.6 Å². The Morgan fingerprint density at radius 2 is 1.77 bits per heavy atom. The van der Waals surface area contributed by atoms with Crippen LogP contribution in [0.15, 0.2) is 51.4 Å². The number of amides is 2. The number of methoxy groups -OCH3 is 1. The van der Waals surface area contributed by atoms with E-state index >= 15 is 0 Å². The maximum absolute atomic E-state index is 12.8. The van der Waals surface area contributed by atoms with Gasteiger partial charge < -0.3 is 20.3 Å². The number of likely N-dealkylation sites (tertiary alicyclic amines) is 1. The zero-order valence-electron chi connectivity index (χ0n) is 23.4. The lowest BCUT2D eigenvalue weighted by molar-refractivity contribution is 0.136. The SMILES string of the molecule is COc1ccc(CCN2CCC[C@@H]2CN(C)[C@@H](CNC(=O)Nc2cc(Br)cc(Br)c2)CC2CCCCC2)cc1. The van der Waals surface area contributed by atoms with E-state index in [4.69, 9.17) is 4.74 Å². The van der Waals surface area contributed by atoms with Crippen molar-refractivity contribution in [2.75, 3.05) is 45.7 Å². The number of carbonyl (C=O) groups excluding carboxylic acids is 1. The number of anilines is 1. The molecule has 1 aliphatic heterocycles. The lowest BCUT2D eigenvalue weighted by atomic mass is 9.84. The number of nitrogens with zero attached hydrogens (tertiary/aromatic N) is 2. The Balaban J connectivity index is 1.32. The Bertz CT molecular complexity index is 1030. The van der Waals surface area contributed by atoms with Gasteiger partial charge in [-0.05, 0) is 81.1 Å². The molecule has 39 heavy (non-hydrogen) atoms. The van der Waals surface area contributed by atoms with Crippen molar-refractivity contribution in [2.24, 2.45) is 5.92 Å². The van der Waals surface area contributed by atoms with Crippen molar-refractivity contribution in [2.45, 2.75) is 69.9 Å². The van der Waals surface area contributed by atoms with E-state index in [9.17, 15) is 4.79 Å². The number of hydrogen-bond donors (Lipinski definition) is 2. The molecule has 1 saturated carbocycles. The molecule has 0 bridgehead atoms. The summed E-state index contributed by atoms with van der Waals surface area (Å²) in [6, 6.07) is 15.0. The number of ether oxygens (including phenoxy) is 1. The second-order valence-corrected chi connectivity index (χ2v) is 13.1. The molecular formula is C31H44Br2N4O2. The Kier molecular flexibility index (Phi) is 12.0. The molecule has 2 aliphatic rings. The number of hydrogen-bond acceptors (Lipinski definition) is 4. The maximum atomic E-state index is 12.8. The predicted molar refractivity (Wildman–Crippen MR) is 168 cm³/mol. The van der Waals surface area contributed by atoms with E-state index < -0.39 is 0 Å². The largest absolute Gasteiger partial charge is 0.497 e. The molecule has 214 valence electrons. The molecule has 1 aliphatic carbocycles. The van der Waals surface area contributed by atoms with Gasteiger partial charge in [0.05, 0.1) is 7.11 Å². The summed E-state index contributed by atoms with van der Waals surface area (Å²) < 4.78 is 7.16. The average molecular weight is 665 g/mol. The second kappa shape index (κ2) is 15.4. The molecule has 6 nitrogen and oxygen atoms in total. The summed E-state index contributed by atoms with van der Waals surface area (Å²) in [5.41, 5.74) is 2.13. The van der Waals surface area contributed by atoms with E-state index in [1.54, 1.807) is 7.11 Å². The Morgan fingerprint density at radius 1 is 1.05 bits per heavy atom. The van der Waals surface area contributed by atoms with Gasteiger partial charge in [0.15, 0.2) is 0 Å². The standard InChI is InChI=1S/C31H44Br2N4O2/c1-36(22-28-9-6-15-37(28)16-14-23-10-12-30(39-2)13-11-23)29(17-24-7-4-3-5-8-24)21-34-31(38)35-27-19-25(32)18-26(33)20-27/h10-13,18-20,24,28-29H,3-9,14-17,21-22H2,1-2H3,(H2,34,35,38)/t28-,29-/m1/s1. The van der Waals surface area contributed by atoms with E-state index in [0.29, 0.717) is 18.6 Å². The first-order valence-electron chi connectivity index (χ1n) is 14.5. The van der Waals surface area contributed by atoms with Crippen LogP contribution < -0.4 is 15.4 Å². The summed E-state index contributed by atoms with van der Waals surface area (Å²) in [5.74, 6) is 1.67. The highest BCUT2D eigenvalue weighted by molar-refractivity contribution is 9.11. The number of nitrogens with one attached hydrogen (secondary N) is 2. The Labute approximate surface area is 251 Å². The van der Waals surface area contributed by atoms with Crippen molar-refractivity contribution in [1.29, 1.82) is 0 Å².